The Labute approximate surface area is 163 Å². The average Bonchev–Trinajstić information content (AvgIpc) is 3.08. The van der Waals surface area contributed by atoms with Crippen LogP contribution in [0.15, 0.2) is 42.0 Å². The second kappa shape index (κ2) is 6.83. The van der Waals surface area contributed by atoms with Crippen molar-refractivity contribution in [1.82, 2.24) is 19.7 Å². The van der Waals surface area contributed by atoms with Gasteiger partial charge in [-0.05, 0) is 18.2 Å². The Kier molecular flexibility index (Phi) is 4.49. The number of nitrogens with one attached hydrogen (secondary N) is 1. The molecule has 1 aliphatic rings. The van der Waals surface area contributed by atoms with Crippen LogP contribution >= 0.6 is 23.2 Å². The predicted octanol–water partition coefficient (Wildman–Crippen LogP) is 3.49. The van der Waals surface area contributed by atoms with Crippen LogP contribution in [0.2, 0.25) is 10.0 Å². The number of imidazole rings is 1. The van der Waals surface area contributed by atoms with Gasteiger partial charge in [-0.2, -0.15) is 5.10 Å². The zero-order chi connectivity index (χ0) is 19.1. The van der Waals surface area contributed by atoms with Gasteiger partial charge < -0.3 is 9.47 Å². The fourth-order valence-electron chi connectivity index (χ4n) is 3.17. The molecular weight excluding hydrogens is 392 g/mol. The molecular formula is C18H14Cl2FN5O. The fraction of sp³-hybridized carbons (Fsp3) is 0.167. The van der Waals surface area contributed by atoms with E-state index < -0.39 is 5.56 Å². The van der Waals surface area contributed by atoms with Crippen LogP contribution in [-0.4, -0.2) is 26.3 Å². The van der Waals surface area contributed by atoms with Gasteiger partial charge in [0.1, 0.15) is 16.7 Å². The van der Waals surface area contributed by atoms with E-state index in [4.69, 9.17) is 23.2 Å². The molecule has 1 N–H and O–H groups in total. The Morgan fingerprint density at radius 1 is 1.26 bits per heavy atom. The smallest absolute Gasteiger partial charge is 0.285 e. The largest absolute Gasteiger partial charge is 0.360 e. The Morgan fingerprint density at radius 2 is 2.07 bits per heavy atom. The standard InChI is InChI=1S/C18H14Cl2FN5O/c1-10(12-6-11(21)2-3-13(12)19)14-7-22-16-9-25(4-5-26(14)16)15-8-23-24-18(27)17(15)20/h2-3,6-8H,1,4-5,9H2,(H,24,27). The van der Waals surface area contributed by atoms with Crippen molar-refractivity contribution in [2.45, 2.75) is 13.1 Å². The SMILES string of the molecule is C=C(c1cc(F)ccc1Cl)c1cnc2n1CCN(c1cn[nH]c(=O)c1Cl)C2. The molecule has 4 rings (SSSR count). The summed E-state index contributed by atoms with van der Waals surface area (Å²) in [6.07, 6.45) is 3.22. The second-order valence-electron chi connectivity index (χ2n) is 6.13. The lowest BCUT2D eigenvalue weighted by molar-refractivity contribution is 0.555. The number of fused-ring (bicyclic) bond motifs is 1. The minimum absolute atomic E-state index is 0.0983. The molecule has 6 nitrogen and oxygen atoms in total. The molecule has 9 heteroatoms. The maximum absolute atomic E-state index is 13.6. The summed E-state index contributed by atoms with van der Waals surface area (Å²) in [5.74, 6) is 0.401. The number of anilines is 1. The quantitative estimate of drug-likeness (QED) is 0.723. The van der Waals surface area contributed by atoms with Crippen LogP contribution in [0.5, 0.6) is 0 Å². The molecule has 0 atom stereocenters. The first-order valence-electron chi connectivity index (χ1n) is 8.13. The number of aromatic amines is 1. The monoisotopic (exact) mass is 405 g/mol. The molecule has 3 heterocycles. The molecule has 0 fully saturated rings. The number of hydrogen-bond acceptors (Lipinski definition) is 4. The Morgan fingerprint density at radius 3 is 2.89 bits per heavy atom. The normalized spacial score (nSPS) is 13.5. The number of hydrogen-bond donors (Lipinski definition) is 1. The van der Waals surface area contributed by atoms with E-state index in [1.807, 2.05) is 9.47 Å². The summed E-state index contributed by atoms with van der Waals surface area (Å²) in [7, 11) is 0. The molecule has 0 bridgehead atoms. The molecule has 1 aliphatic heterocycles. The van der Waals surface area contributed by atoms with Gasteiger partial charge in [0.05, 0.1) is 30.3 Å². The van der Waals surface area contributed by atoms with E-state index in [1.54, 1.807) is 6.20 Å². The van der Waals surface area contributed by atoms with Crippen molar-refractivity contribution in [3.63, 3.8) is 0 Å². The van der Waals surface area contributed by atoms with Gasteiger partial charge in [-0.15, -0.1) is 0 Å². The maximum atomic E-state index is 13.6. The van der Waals surface area contributed by atoms with Crippen molar-refractivity contribution in [2.75, 3.05) is 11.4 Å². The highest BCUT2D eigenvalue weighted by Gasteiger charge is 2.24. The van der Waals surface area contributed by atoms with Crippen molar-refractivity contribution in [3.05, 3.63) is 80.5 Å². The molecule has 3 aromatic rings. The molecule has 0 saturated heterocycles. The molecule has 0 unspecified atom stereocenters. The maximum Gasteiger partial charge on any atom is 0.285 e. The number of H-pyrrole nitrogens is 1. The van der Waals surface area contributed by atoms with E-state index in [0.717, 1.165) is 11.5 Å². The second-order valence-corrected chi connectivity index (χ2v) is 6.92. The summed E-state index contributed by atoms with van der Waals surface area (Å²) >= 11 is 12.3. The molecule has 0 aliphatic carbocycles. The van der Waals surface area contributed by atoms with E-state index in [9.17, 15) is 9.18 Å². The number of nitrogens with zero attached hydrogens (tertiary/aromatic N) is 4. The van der Waals surface area contributed by atoms with Crippen molar-refractivity contribution in [3.8, 4) is 0 Å². The van der Waals surface area contributed by atoms with Gasteiger partial charge in [0.2, 0.25) is 0 Å². The average molecular weight is 406 g/mol. The van der Waals surface area contributed by atoms with Gasteiger partial charge in [-0.3, -0.25) is 4.79 Å². The topological polar surface area (TPSA) is 66.8 Å². The van der Waals surface area contributed by atoms with E-state index in [2.05, 4.69) is 21.8 Å². The molecule has 0 saturated carbocycles. The summed E-state index contributed by atoms with van der Waals surface area (Å²) in [5, 5.41) is 6.64. The summed E-state index contributed by atoms with van der Waals surface area (Å²) in [5.41, 5.74) is 2.03. The number of halogens is 3. The van der Waals surface area contributed by atoms with Crippen LogP contribution < -0.4 is 10.5 Å². The van der Waals surface area contributed by atoms with E-state index in [-0.39, 0.29) is 10.8 Å². The molecule has 0 amide bonds. The molecule has 2 aromatic heterocycles. The third-order valence-corrected chi connectivity index (χ3v) is 5.24. The molecule has 0 radical (unpaired) electrons. The van der Waals surface area contributed by atoms with Crippen LogP contribution in [0, 0.1) is 5.82 Å². The Hall–Kier alpha value is -2.64. The minimum Gasteiger partial charge on any atom is -0.360 e. The summed E-state index contributed by atoms with van der Waals surface area (Å²) in [4.78, 5) is 18.1. The Balaban J connectivity index is 1.66. The molecule has 27 heavy (non-hydrogen) atoms. The van der Waals surface area contributed by atoms with E-state index >= 15 is 0 Å². The minimum atomic E-state index is -0.433. The lowest BCUT2D eigenvalue weighted by Crippen LogP contribution is -2.35. The number of rotatable bonds is 3. The summed E-state index contributed by atoms with van der Waals surface area (Å²) in [6, 6.07) is 4.18. The lowest BCUT2D eigenvalue weighted by Gasteiger charge is -2.30. The highest BCUT2D eigenvalue weighted by atomic mass is 35.5. The van der Waals surface area contributed by atoms with Crippen LogP contribution in [-0.2, 0) is 13.1 Å². The fourth-order valence-corrected chi connectivity index (χ4v) is 3.61. The highest BCUT2D eigenvalue weighted by molar-refractivity contribution is 6.33. The van der Waals surface area contributed by atoms with Gasteiger partial charge in [0.25, 0.3) is 5.56 Å². The first kappa shape index (κ1) is 17.8. The van der Waals surface area contributed by atoms with Crippen LogP contribution in [0.25, 0.3) is 5.57 Å². The van der Waals surface area contributed by atoms with Crippen molar-refractivity contribution in [1.29, 1.82) is 0 Å². The van der Waals surface area contributed by atoms with E-state index in [0.29, 0.717) is 41.5 Å². The van der Waals surface area contributed by atoms with Gasteiger partial charge >= 0.3 is 0 Å². The predicted molar refractivity (Wildman–Crippen MR) is 103 cm³/mol. The number of benzene rings is 1. The third kappa shape index (κ3) is 3.13. The first-order chi connectivity index (χ1) is 13.0. The van der Waals surface area contributed by atoms with Gasteiger partial charge in [0.15, 0.2) is 0 Å². The van der Waals surface area contributed by atoms with Gasteiger partial charge in [-0.1, -0.05) is 29.8 Å². The summed E-state index contributed by atoms with van der Waals surface area (Å²) in [6.45, 7) is 5.73. The van der Waals surface area contributed by atoms with Crippen LogP contribution in [0.1, 0.15) is 17.1 Å². The van der Waals surface area contributed by atoms with Crippen LogP contribution in [0.3, 0.4) is 0 Å². The van der Waals surface area contributed by atoms with Gasteiger partial charge in [-0.25, -0.2) is 14.5 Å². The van der Waals surface area contributed by atoms with Crippen molar-refractivity contribution in [2.24, 2.45) is 0 Å². The first-order valence-corrected chi connectivity index (χ1v) is 8.88. The summed E-state index contributed by atoms with van der Waals surface area (Å²) < 4.78 is 15.6. The van der Waals surface area contributed by atoms with E-state index in [1.165, 1.54) is 24.4 Å². The Bertz CT molecular complexity index is 1110. The van der Waals surface area contributed by atoms with Crippen molar-refractivity contribution < 1.29 is 4.39 Å². The third-order valence-electron chi connectivity index (χ3n) is 4.54. The highest BCUT2D eigenvalue weighted by Crippen LogP contribution is 2.31. The van der Waals surface area contributed by atoms with Crippen LogP contribution in [0.4, 0.5) is 10.1 Å². The lowest BCUT2D eigenvalue weighted by atomic mass is 10.0. The zero-order valence-corrected chi connectivity index (χ0v) is 15.6. The molecule has 1 aromatic carbocycles. The molecule has 0 spiro atoms. The number of aromatic nitrogens is 4. The molecule has 138 valence electrons. The zero-order valence-electron chi connectivity index (χ0n) is 14.0. The van der Waals surface area contributed by atoms with Gasteiger partial charge in [0, 0.05) is 29.2 Å². The van der Waals surface area contributed by atoms with Crippen molar-refractivity contribution >= 4 is 34.5 Å².